The lowest BCUT2D eigenvalue weighted by molar-refractivity contribution is -0.131. The molecule has 1 aliphatic rings. The van der Waals surface area contributed by atoms with E-state index >= 15 is 0 Å². The van der Waals surface area contributed by atoms with Crippen molar-refractivity contribution >= 4 is 21.8 Å². The number of halogens is 2. The number of rotatable bonds is 4. The van der Waals surface area contributed by atoms with Crippen LogP contribution in [-0.4, -0.2) is 37.0 Å². The Bertz CT molecular complexity index is 447. The zero-order valence-corrected chi connectivity index (χ0v) is 12.4. The first-order valence-electron chi connectivity index (χ1n) is 6.59. The monoisotopic (exact) mass is 328 g/mol. The molecule has 0 bridgehead atoms. The van der Waals surface area contributed by atoms with E-state index in [1.807, 2.05) is 4.90 Å². The van der Waals surface area contributed by atoms with Crippen LogP contribution >= 0.6 is 15.9 Å². The molecule has 0 radical (unpaired) electrons. The molecule has 0 atom stereocenters. The number of carbonyl (C=O) groups excluding carboxylic acids is 1. The maximum Gasteiger partial charge on any atom is 0.222 e. The van der Waals surface area contributed by atoms with Crippen molar-refractivity contribution in [2.75, 3.05) is 26.2 Å². The summed E-state index contributed by atoms with van der Waals surface area (Å²) in [5.74, 6) is -0.0188. The van der Waals surface area contributed by atoms with Crippen molar-refractivity contribution in [2.45, 2.75) is 19.3 Å². The zero-order valence-electron chi connectivity index (χ0n) is 10.8. The average molecular weight is 329 g/mol. The van der Waals surface area contributed by atoms with Gasteiger partial charge in [0, 0.05) is 37.1 Å². The smallest absolute Gasteiger partial charge is 0.222 e. The third kappa shape index (κ3) is 4.28. The van der Waals surface area contributed by atoms with Crippen molar-refractivity contribution in [1.29, 1.82) is 0 Å². The van der Waals surface area contributed by atoms with Crippen LogP contribution in [0.15, 0.2) is 22.7 Å². The van der Waals surface area contributed by atoms with Gasteiger partial charge in [-0.05, 0) is 36.6 Å². The van der Waals surface area contributed by atoms with Crippen LogP contribution in [0.1, 0.15) is 18.4 Å². The SMILES string of the molecule is O=C(CCCc1cc(Br)ccc1F)N1CCNCC1. The van der Waals surface area contributed by atoms with Crippen molar-refractivity contribution in [1.82, 2.24) is 10.2 Å². The Morgan fingerprint density at radius 1 is 1.37 bits per heavy atom. The molecule has 19 heavy (non-hydrogen) atoms. The van der Waals surface area contributed by atoms with E-state index in [9.17, 15) is 9.18 Å². The summed E-state index contributed by atoms with van der Waals surface area (Å²) in [6.07, 6.45) is 1.78. The van der Waals surface area contributed by atoms with Crippen LogP contribution in [0.3, 0.4) is 0 Å². The Morgan fingerprint density at radius 2 is 2.11 bits per heavy atom. The Labute approximate surface area is 121 Å². The quantitative estimate of drug-likeness (QED) is 0.920. The average Bonchev–Trinajstić information content (AvgIpc) is 2.43. The number of carbonyl (C=O) groups is 1. The van der Waals surface area contributed by atoms with Crippen molar-refractivity contribution in [3.05, 3.63) is 34.1 Å². The van der Waals surface area contributed by atoms with Gasteiger partial charge in [0.25, 0.3) is 0 Å². The first-order chi connectivity index (χ1) is 9.16. The van der Waals surface area contributed by atoms with E-state index in [-0.39, 0.29) is 11.7 Å². The summed E-state index contributed by atoms with van der Waals surface area (Å²) in [6, 6.07) is 4.92. The largest absolute Gasteiger partial charge is 0.340 e. The van der Waals surface area contributed by atoms with Gasteiger partial charge < -0.3 is 10.2 Å². The number of nitrogens with one attached hydrogen (secondary N) is 1. The van der Waals surface area contributed by atoms with Crippen molar-refractivity contribution in [2.24, 2.45) is 0 Å². The highest BCUT2D eigenvalue weighted by Gasteiger charge is 2.15. The molecule has 3 nitrogen and oxygen atoms in total. The van der Waals surface area contributed by atoms with E-state index in [4.69, 9.17) is 0 Å². The normalized spacial score (nSPS) is 15.6. The molecule has 0 aliphatic carbocycles. The fraction of sp³-hybridized carbons (Fsp3) is 0.500. The number of amides is 1. The van der Waals surface area contributed by atoms with E-state index in [1.165, 1.54) is 6.07 Å². The molecular formula is C14H18BrFN2O. The van der Waals surface area contributed by atoms with E-state index in [0.717, 1.165) is 30.7 Å². The Kier molecular flexibility index (Phi) is 5.34. The van der Waals surface area contributed by atoms with Crippen molar-refractivity contribution < 1.29 is 9.18 Å². The van der Waals surface area contributed by atoms with E-state index in [2.05, 4.69) is 21.2 Å². The van der Waals surface area contributed by atoms with Gasteiger partial charge in [-0.2, -0.15) is 0 Å². The Hall–Kier alpha value is -0.940. The molecule has 1 aromatic carbocycles. The van der Waals surface area contributed by atoms with Gasteiger partial charge in [0.1, 0.15) is 5.82 Å². The highest BCUT2D eigenvalue weighted by Crippen LogP contribution is 2.17. The molecule has 0 saturated carbocycles. The zero-order chi connectivity index (χ0) is 13.7. The molecule has 1 aliphatic heterocycles. The molecule has 2 rings (SSSR count). The fourth-order valence-corrected chi connectivity index (χ4v) is 2.65. The number of aryl methyl sites for hydroxylation is 1. The minimum absolute atomic E-state index is 0.178. The van der Waals surface area contributed by atoms with Crippen LogP contribution in [-0.2, 0) is 11.2 Å². The molecule has 0 aromatic heterocycles. The minimum Gasteiger partial charge on any atom is -0.340 e. The fourth-order valence-electron chi connectivity index (χ4n) is 2.24. The summed E-state index contributed by atoms with van der Waals surface area (Å²) >= 11 is 3.33. The third-order valence-corrected chi connectivity index (χ3v) is 3.81. The maximum absolute atomic E-state index is 13.5. The predicted molar refractivity (Wildman–Crippen MR) is 76.5 cm³/mol. The molecule has 104 valence electrons. The van der Waals surface area contributed by atoms with Crippen molar-refractivity contribution in [3.8, 4) is 0 Å². The third-order valence-electron chi connectivity index (χ3n) is 3.31. The first kappa shape index (κ1) is 14.5. The highest BCUT2D eigenvalue weighted by atomic mass is 79.9. The number of benzene rings is 1. The van der Waals surface area contributed by atoms with E-state index < -0.39 is 0 Å². The van der Waals surface area contributed by atoms with Crippen LogP contribution in [0.5, 0.6) is 0 Å². The standard InChI is InChI=1S/C14H18BrFN2O/c15-12-4-5-13(16)11(10-12)2-1-3-14(19)18-8-6-17-7-9-18/h4-5,10,17H,1-3,6-9H2. The van der Waals surface area contributed by atoms with Crippen LogP contribution in [0, 0.1) is 5.82 Å². The molecule has 0 unspecified atom stereocenters. The number of hydrogen-bond donors (Lipinski definition) is 1. The lowest BCUT2D eigenvalue weighted by Gasteiger charge is -2.27. The van der Waals surface area contributed by atoms with Crippen molar-refractivity contribution in [3.63, 3.8) is 0 Å². The van der Waals surface area contributed by atoms with Crippen LogP contribution in [0.2, 0.25) is 0 Å². The van der Waals surface area contributed by atoms with Gasteiger partial charge >= 0.3 is 0 Å². The lowest BCUT2D eigenvalue weighted by atomic mass is 10.1. The first-order valence-corrected chi connectivity index (χ1v) is 7.38. The van der Waals surface area contributed by atoms with Gasteiger partial charge in [-0.3, -0.25) is 4.79 Å². The van der Waals surface area contributed by atoms with Gasteiger partial charge in [-0.1, -0.05) is 15.9 Å². The molecule has 1 aromatic rings. The summed E-state index contributed by atoms with van der Waals surface area (Å²) in [7, 11) is 0. The highest BCUT2D eigenvalue weighted by molar-refractivity contribution is 9.10. The molecular weight excluding hydrogens is 311 g/mol. The summed E-state index contributed by atoms with van der Waals surface area (Å²) in [6.45, 7) is 3.30. The Morgan fingerprint density at radius 3 is 2.84 bits per heavy atom. The van der Waals surface area contributed by atoms with E-state index in [1.54, 1.807) is 12.1 Å². The molecule has 1 saturated heterocycles. The second kappa shape index (κ2) is 7.01. The lowest BCUT2D eigenvalue weighted by Crippen LogP contribution is -2.46. The molecule has 1 amide bonds. The van der Waals surface area contributed by atoms with E-state index in [0.29, 0.717) is 24.8 Å². The number of hydrogen-bond acceptors (Lipinski definition) is 2. The minimum atomic E-state index is -0.196. The maximum atomic E-state index is 13.5. The van der Waals surface area contributed by atoms with Gasteiger partial charge in [0.15, 0.2) is 0 Å². The van der Waals surface area contributed by atoms with Gasteiger partial charge in [0.05, 0.1) is 0 Å². The number of piperazine rings is 1. The second-order valence-electron chi connectivity index (χ2n) is 4.72. The molecule has 1 fully saturated rings. The molecule has 1 N–H and O–H groups in total. The molecule has 1 heterocycles. The van der Waals surface area contributed by atoms with Gasteiger partial charge in [0.2, 0.25) is 5.91 Å². The van der Waals surface area contributed by atoms with Crippen LogP contribution < -0.4 is 5.32 Å². The van der Waals surface area contributed by atoms with Gasteiger partial charge in [-0.15, -0.1) is 0 Å². The molecule has 0 spiro atoms. The summed E-state index contributed by atoms with van der Waals surface area (Å²) in [4.78, 5) is 13.8. The van der Waals surface area contributed by atoms with Gasteiger partial charge in [-0.25, -0.2) is 4.39 Å². The predicted octanol–water partition coefficient (Wildman–Crippen LogP) is 2.34. The topological polar surface area (TPSA) is 32.3 Å². The summed E-state index contributed by atoms with van der Waals surface area (Å²) < 4.78 is 14.4. The summed E-state index contributed by atoms with van der Waals surface area (Å²) in [5, 5.41) is 3.22. The van der Waals surface area contributed by atoms with Crippen LogP contribution in [0.25, 0.3) is 0 Å². The summed E-state index contributed by atoms with van der Waals surface area (Å²) in [5.41, 5.74) is 0.669. The Balaban J connectivity index is 1.79. The van der Waals surface area contributed by atoms with Crippen LogP contribution in [0.4, 0.5) is 4.39 Å². The number of nitrogens with zero attached hydrogens (tertiary/aromatic N) is 1. The second-order valence-corrected chi connectivity index (χ2v) is 5.64. The molecule has 5 heteroatoms.